The largest absolute Gasteiger partial charge is 0.502 e. The number of hydrogen-bond acceptors (Lipinski definition) is 4. The number of carbonyl (C=O) groups is 1. The van der Waals surface area contributed by atoms with E-state index >= 15 is 0 Å². The summed E-state index contributed by atoms with van der Waals surface area (Å²) in [5.41, 5.74) is 0.273. The highest BCUT2D eigenvalue weighted by Gasteiger charge is 2.13. The first-order valence-corrected chi connectivity index (χ1v) is 4.33. The number of phenolic OH excluding ortho intramolecular Hbond substituents is 1. The van der Waals surface area contributed by atoms with Crippen LogP contribution in [0.3, 0.4) is 0 Å². The molecule has 0 heterocycles. The highest BCUT2D eigenvalue weighted by Crippen LogP contribution is 2.38. The average Bonchev–Trinajstić information content (AvgIpc) is 2.27. The Balaban J connectivity index is 3.16. The number of carbonyl (C=O) groups excluding carboxylic acids is 1. The van der Waals surface area contributed by atoms with E-state index in [1.54, 1.807) is 0 Å². The first kappa shape index (κ1) is 11.1. The fraction of sp³-hybridized carbons (Fsp3) is 0.182. The van der Waals surface area contributed by atoms with Gasteiger partial charge in [0.05, 0.1) is 12.7 Å². The van der Waals surface area contributed by atoms with E-state index in [9.17, 15) is 9.90 Å². The van der Waals surface area contributed by atoms with Gasteiger partial charge < -0.3 is 14.6 Å². The van der Waals surface area contributed by atoms with Crippen molar-refractivity contribution in [3.05, 3.63) is 30.4 Å². The molecule has 1 aromatic carbocycles. The molecule has 0 bridgehead atoms. The minimum Gasteiger partial charge on any atom is -0.502 e. The van der Waals surface area contributed by atoms with Crippen LogP contribution in [-0.4, -0.2) is 25.1 Å². The molecule has 0 aliphatic heterocycles. The normalized spacial score (nSPS) is 9.40. The van der Waals surface area contributed by atoms with Gasteiger partial charge in [-0.05, 0) is 12.1 Å². The Hall–Kier alpha value is -1.97. The topological polar surface area (TPSA) is 55.8 Å². The highest BCUT2D eigenvalue weighted by atomic mass is 16.5. The van der Waals surface area contributed by atoms with Crippen LogP contribution < -0.4 is 9.47 Å². The van der Waals surface area contributed by atoms with Crippen molar-refractivity contribution in [1.29, 1.82) is 0 Å². The number of aromatic hydroxyl groups is 1. The quantitative estimate of drug-likeness (QED) is 0.592. The fourth-order valence-corrected chi connectivity index (χ4v) is 1.12. The van der Waals surface area contributed by atoms with E-state index in [0.717, 1.165) is 0 Å². The van der Waals surface area contributed by atoms with Crippen LogP contribution >= 0.6 is 0 Å². The van der Waals surface area contributed by atoms with Crippen molar-refractivity contribution in [2.45, 2.75) is 0 Å². The lowest BCUT2D eigenvalue weighted by Crippen LogP contribution is -1.98. The second-order valence-corrected chi connectivity index (χ2v) is 2.75. The molecule has 1 rings (SSSR count). The van der Waals surface area contributed by atoms with Gasteiger partial charge in [-0.2, -0.15) is 0 Å². The number of phenols is 1. The number of methoxy groups -OCH3 is 1. The van der Waals surface area contributed by atoms with E-state index in [4.69, 9.17) is 9.47 Å². The van der Waals surface area contributed by atoms with Gasteiger partial charge in [-0.3, -0.25) is 4.79 Å². The summed E-state index contributed by atoms with van der Waals surface area (Å²) in [5.74, 6) is 0.202. The van der Waals surface area contributed by atoms with Gasteiger partial charge in [-0.25, -0.2) is 0 Å². The van der Waals surface area contributed by atoms with Crippen LogP contribution in [0.1, 0.15) is 10.4 Å². The lowest BCUT2D eigenvalue weighted by atomic mass is 10.2. The van der Waals surface area contributed by atoms with Crippen LogP contribution in [0.2, 0.25) is 0 Å². The van der Waals surface area contributed by atoms with Crippen LogP contribution in [0.5, 0.6) is 17.2 Å². The lowest BCUT2D eigenvalue weighted by molar-refractivity contribution is 0.111. The molecule has 0 aliphatic carbocycles. The van der Waals surface area contributed by atoms with Crippen molar-refractivity contribution in [2.24, 2.45) is 0 Å². The molecule has 0 unspecified atom stereocenters. The summed E-state index contributed by atoms with van der Waals surface area (Å²) in [5, 5.41) is 9.68. The zero-order chi connectivity index (χ0) is 11.3. The molecule has 80 valence electrons. The van der Waals surface area contributed by atoms with E-state index in [1.165, 1.54) is 25.3 Å². The molecule has 0 saturated heterocycles. The van der Waals surface area contributed by atoms with Crippen LogP contribution in [0, 0.1) is 0 Å². The number of rotatable bonds is 5. The first-order chi connectivity index (χ1) is 7.24. The SMILES string of the molecule is C=CCOc1c(C=O)ccc(OC)c1O. The van der Waals surface area contributed by atoms with Crippen LogP contribution in [-0.2, 0) is 0 Å². The molecule has 4 nitrogen and oxygen atoms in total. The van der Waals surface area contributed by atoms with Crippen molar-refractivity contribution >= 4 is 6.29 Å². The van der Waals surface area contributed by atoms with Gasteiger partial charge in [0.25, 0.3) is 0 Å². The maximum atomic E-state index is 10.7. The Morgan fingerprint density at radius 3 is 2.80 bits per heavy atom. The number of ether oxygens (including phenoxy) is 2. The third-order valence-electron chi connectivity index (χ3n) is 1.82. The molecule has 0 radical (unpaired) electrons. The van der Waals surface area contributed by atoms with Crippen LogP contribution in [0.15, 0.2) is 24.8 Å². The molecular formula is C11H12O4. The average molecular weight is 208 g/mol. The van der Waals surface area contributed by atoms with E-state index in [1.807, 2.05) is 0 Å². The third kappa shape index (κ3) is 2.28. The Bertz CT molecular complexity index is 371. The Morgan fingerprint density at radius 1 is 1.53 bits per heavy atom. The van der Waals surface area contributed by atoms with Gasteiger partial charge in [-0.15, -0.1) is 0 Å². The highest BCUT2D eigenvalue weighted by molar-refractivity contribution is 5.82. The maximum absolute atomic E-state index is 10.7. The first-order valence-electron chi connectivity index (χ1n) is 4.33. The number of hydrogen-bond donors (Lipinski definition) is 1. The minimum atomic E-state index is -0.177. The van der Waals surface area contributed by atoms with E-state index < -0.39 is 0 Å². The summed E-state index contributed by atoms with van der Waals surface area (Å²) in [4.78, 5) is 10.7. The molecule has 0 spiro atoms. The molecule has 15 heavy (non-hydrogen) atoms. The molecule has 0 aliphatic rings. The van der Waals surface area contributed by atoms with Crippen molar-refractivity contribution in [3.8, 4) is 17.2 Å². The van der Waals surface area contributed by atoms with Gasteiger partial charge >= 0.3 is 0 Å². The van der Waals surface area contributed by atoms with Gasteiger partial charge in [0.15, 0.2) is 17.8 Å². The molecule has 1 aromatic rings. The summed E-state index contributed by atoms with van der Waals surface area (Å²) in [7, 11) is 1.42. The van der Waals surface area contributed by atoms with Gasteiger partial charge in [0.2, 0.25) is 5.75 Å². The monoisotopic (exact) mass is 208 g/mol. The number of benzene rings is 1. The van der Waals surface area contributed by atoms with E-state index in [-0.39, 0.29) is 29.4 Å². The summed E-state index contributed by atoms with van der Waals surface area (Å²) < 4.78 is 10.1. The molecular weight excluding hydrogens is 196 g/mol. The van der Waals surface area contributed by atoms with Crippen molar-refractivity contribution in [1.82, 2.24) is 0 Å². The van der Waals surface area contributed by atoms with Crippen molar-refractivity contribution in [3.63, 3.8) is 0 Å². The lowest BCUT2D eigenvalue weighted by Gasteiger charge is -2.11. The number of aldehydes is 1. The summed E-state index contributed by atoms with van der Waals surface area (Å²) in [6.45, 7) is 3.69. The smallest absolute Gasteiger partial charge is 0.201 e. The molecule has 0 aromatic heterocycles. The van der Waals surface area contributed by atoms with Gasteiger partial charge in [0, 0.05) is 0 Å². The van der Waals surface area contributed by atoms with Crippen molar-refractivity contribution in [2.75, 3.05) is 13.7 Å². The van der Waals surface area contributed by atoms with Gasteiger partial charge in [0.1, 0.15) is 6.61 Å². The van der Waals surface area contributed by atoms with E-state index in [0.29, 0.717) is 6.29 Å². The molecule has 0 amide bonds. The fourth-order valence-electron chi connectivity index (χ4n) is 1.12. The van der Waals surface area contributed by atoms with E-state index in [2.05, 4.69) is 6.58 Å². The maximum Gasteiger partial charge on any atom is 0.201 e. The molecule has 1 N–H and O–H groups in total. The predicted octanol–water partition coefficient (Wildman–Crippen LogP) is 1.78. The summed E-state index contributed by atoms with van der Waals surface area (Å²) >= 11 is 0. The third-order valence-corrected chi connectivity index (χ3v) is 1.82. The molecule has 0 fully saturated rings. The van der Waals surface area contributed by atoms with Gasteiger partial charge in [-0.1, -0.05) is 12.7 Å². The Kier molecular flexibility index (Phi) is 3.74. The standard InChI is InChI=1S/C11H12O4/c1-3-6-15-11-8(7-12)4-5-9(14-2)10(11)13/h3-5,7,13H,1,6H2,2H3. The zero-order valence-corrected chi connectivity index (χ0v) is 8.40. The molecule has 4 heteroatoms. The molecule has 0 atom stereocenters. The molecule has 0 saturated carbocycles. The second kappa shape index (κ2) is 5.05. The summed E-state index contributed by atoms with van der Waals surface area (Å²) in [6.07, 6.45) is 2.13. The second-order valence-electron chi connectivity index (χ2n) is 2.75. The van der Waals surface area contributed by atoms with Crippen LogP contribution in [0.25, 0.3) is 0 Å². The minimum absolute atomic E-state index is 0.115. The van der Waals surface area contributed by atoms with Crippen LogP contribution in [0.4, 0.5) is 0 Å². The van der Waals surface area contributed by atoms with Crippen molar-refractivity contribution < 1.29 is 19.4 Å². The predicted molar refractivity (Wildman–Crippen MR) is 55.7 cm³/mol. The summed E-state index contributed by atoms with van der Waals surface area (Å²) in [6, 6.07) is 3.02. The Labute approximate surface area is 87.7 Å². The Morgan fingerprint density at radius 2 is 2.27 bits per heavy atom. The zero-order valence-electron chi connectivity index (χ0n) is 8.40.